The second kappa shape index (κ2) is 8.72. The molecule has 2 aromatic carbocycles. The largest absolute Gasteiger partial charge is 0.376 e. The summed E-state index contributed by atoms with van der Waals surface area (Å²) in [5.41, 5.74) is 2.37. The predicted molar refractivity (Wildman–Crippen MR) is 95.9 cm³/mol. The molecule has 0 heterocycles. The first-order chi connectivity index (χ1) is 11.6. The van der Waals surface area contributed by atoms with Crippen LogP contribution in [0.4, 0.5) is 5.69 Å². The molecule has 2 amide bonds. The van der Waals surface area contributed by atoms with E-state index in [1.807, 2.05) is 50.2 Å². The quantitative estimate of drug-likeness (QED) is 0.733. The molecule has 0 aromatic heterocycles. The van der Waals surface area contributed by atoms with Gasteiger partial charge in [0.05, 0.1) is 12.6 Å². The van der Waals surface area contributed by atoms with Crippen LogP contribution in [-0.2, 0) is 4.79 Å². The van der Waals surface area contributed by atoms with Gasteiger partial charge in [-0.05, 0) is 37.6 Å². The van der Waals surface area contributed by atoms with Crippen molar-refractivity contribution < 1.29 is 9.59 Å². The van der Waals surface area contributed by atoms with Crippen LogP contribution in [0.3, 0.4) is 0 Å². The summed E-state index contributed by atoms with van der Waals surface area (Å²) in [6.45, 7) is 4.55. The second-order valence-corrected chi connectivity index (χ2v) is 5.49. The zero-order valence-corrected chi connectivity index (χ0v) is 14.0. The van der Waals surface area contributed by atoms with Crippen LogP contribution in [0.1, 0.15) is 35.8 Å². The first-order valence-electron chi connectivity index (χ1n) is 8.06. The highest BCUT2D eigenvalue weighted by Gasteiger charge is 2.09. The molecular formula is C19H23N3O2. The van der Waals surface area contributed by atoms with Crippen molar-refractivity contribution in [2.75, 3.05) is 18.4 Å². The van der Waals surface area contributed by atoms with E-state index in [0.29, 0.717) is 12.1 Å². The first kappa shape index (κ1) is 17.5. The number of hydrogen-bond donors (Lipinski definition) is 3. The Labute approximate surface area is 142 Å². The summed E-state index contributed by atoms with van der Waals surface area (Å²) in [4.78, 5) is 23.9. The van der Waals surface area contributed by atoms with E-state index in [2.05, 4.69) is 16.0 Å². The number of rotatable bonds is 7. The SMILES string of the molecule is CCNC(=O)c1cccc(NCC(=O)NC(C)c2ccccc2)c1. The molecule has 0 saturated carbocycles. The van der Waals surface area contributed by atoms with Gasteiger partial charge < -0.3 is 16.0 Å². The molecule has 0 aliphatic rings. The van der Waals surface area contributed by atoms with E-state index < -0.39 is 0 Å². The van der Waals surface area contributed by atoms with Gasteiger partial charge in [-0.1, -0.05) is 36.4 Å². The fraction of sp³-hybridized carbons (Fsp3) is 0.263. The molecule has 0 radical (unpaired) electrons. The van der Waals surface area contributed by atoms with E-state index in [0.717, 1.165) is 11.3 Å². The monoisotopic (exact) mass is 325 g/mol. The molecule has 0 bridgehead atoms. The maximum Gasteiger partial charge on any atom is 0.251 e. The molecule has 1 atom stereocenters. The Morgan fingerprint density at radius 1 is 1.04 bits per heavy atom. The Morgan fingerprint density at radius 3 is 2.50 bits per heavy atom. The highest BCUT2D eigenvalue weighted by atomic mass is 16.2. The van der Waals surface area contributed by atoms with E-state index in [9.17, 15) is 9.59 Å². The fourth-order valence-electron chi connectivity index (χ4n) is 2.33. The maximum absolute atomic E-state index is 12.1. The van der Waals surface area contributed by atoms with Gasteiger partial charge in [0.2, 0.25) is 5.91 Å². The maximum atomic E-state index is 12.1. The van der Waals surface area contributed by atoms with Crippen LogP contribution in [0.25, 0.3) is 0 Å². The lowest BCUT2D eigenvalue weighted by molar-refractivity contribution is -0.120. The number of anilines is 1. The van der Waals surface area contributed by atoms with Crippen LogP contribution in [-0.4, -0.2) is 24.9 Å². The molecular weight excluding hydrogens is 302 g/mol. The smallest absolute Gasteiger partial charge is 0.251 e. The average Bonchev–Trinajstić information content (AvgIpc) is 2.61. The third-order valence-corrected chi connectivity index (χ3v) is 3.59. The minimum Gasteiger partial charge on any atom is -0.376 e. The lowest BCUT2D eigenvalue weighted by atomic mass is 10.1. The number of carbonyl (C=O) groups is 2. The number of amides is 2. The Hall–Kier alpha value is -2.82. The average molecular weight is 325 g/mol. The minimum atomic E-state index is -0.122. The third-order valence-electron chi connectivity index (χ3n) is 3.59. The molecule has 0 saturated heterocycles. The minimum absolute atomic E-state index is 0.0535. The second-order valence-electron chi connectivity index (χ2n) is 5.49. The summed E-state index contributed by atoms with van der Waals surface area (Å²) < 4.78 is 0. The molecule has 2 aromatic rings. The molecule has 0 fully saturated rings. The van der Waals surface area contributed by atoms with Gasteiger partial charge in [-0.15, -0.1) is 0 Å². The Morgan fingerprint density at radius 2 is 1.79 bits per heavy atom. The number of hydrogen-bond acceptors (Lipinski definition) is 3. The van der Waals surface area contributed by atoms with Crippen LogP contribution >= 0.6 is 0 Å². The standard InChI is InChI=1S/C19H23N3O2/c1-3-20-19(24)16-10-7-11-17(12-16)21-13-18(23)22-14(2)15-8-5-4-6-9-15/h4-12,14,21H,3,13H2,1-2H3,(H,20,24)(H,22,23). The first-order valence-corrected chi connectivity index (χ1v) is 8.06. The van der Waals surface area contributed by atoms with Gasteiger partial charge in [0.15, 0.2) is 0 Å². The third kappa shape index (κ3) is 5.12. The van der Waals surface area contributed by atoms with Gasteiger partial charge in [-0.3, -0.25) is 9.59 Å². The molecule has 2 rings (SSSR count). The summed E-state index contributed by atoms with van der Waals surface area (Å²) >= 11 is 0. The molecule has 5 nitrogen and oxygen atoms in total. The Balaban J connectivity index is 1.87. The van der Waals surface area contributed by atoms with E-state index in [4.69, 9.17) is 0 Å². The van der Waals surface area contributed by atoms with Gasteiger partial charge in [-0.25, -0.2) is 0 Å². The molecule has 3 N–H and O–H groups in total. The van der Waals surface area contributed by atoms with Gasteiger partial charge in [-0.2, -0.15) is 0 Å². The molecule has 126 valence electrons. The van der Waals surface area contributed by atoms with Crippen LogP contribution < -0.4 is 16.0 Å². The lowest BCUT2D eigenvalue weighted by Crippen LogP contribution is -2.32. The van der Waals surface area contributed by atoms with Crippen LogP contribution in [0.5, 0.6) is 0 Å². The van der Waals surface area contributed by atoms with Crippen LogP contribution in [0.2, 0.25) is 0 Å². The van der Waals surface area contributed by atoms with Gasteiger partial charge in [0.1, 0.15) is 0 Å². The summed E-state index contributed by atoms with van der Waals surface area (Å²) in [7, 11) is 0. The molecule has 0 spiro atoms. The summed E-state index contributed by atoms with van der Waals surface area (Å²) in [6.07, 6.45) is 0. The Bertz CT molecular complexity index is 686. The lowest BCUT2D eigenvalue weighted by Gasteiger charge is -2.15. The number of carbonyl (C=O) groups excluding carboxylic acids is 2. The highest BCUT2D eigenvalue weighted by Crippen LogP contribution is 2.12. The normalized spacial score (nSPS) is 11.4. The van der Waals surface area contributed by atoms with E-state index >= 15 is 0 Å². The van der Waals surface area contributed by atoms with Crippen LogP contribution in [0.15, 0.2) is 54.6 Å². The zero-order valence-electron chi connectivity index (χ0n) is 14.0. The van der Waals surface area contributed by atoms with Gasteiger partial charge in [0.25, 0.3) is 5.91 Å². The van der Waals surface area contributed by atoms with E-state index in [1.54, 1.807) is 18.2 Å². The van der Waals surface area contributed by atoms with Crippen molar-refractivity contribution in [1.29, 1.82) is 0 Å². The van der Waals surface area contributed by atoms with Crippen molar-refractivity contribution in [2.24, 2.45) is 0 Å². The van der Waals surface area contributed by atoms with Gasteiger partial charge in [0, 0.05) is 17.8 Å². The topological polar surface area (TPSA) is 70.2 Å². The molecule has 24 heavy (non-hydrogen) atoms. The zero-order chi connectivity index (χ0) is 17.4. The van der Waals surface area contributed by atoms with Crippen molar-refractivity contribution in [2.45, 2.75) is 19.9 Å². The predicted octanol–water partition coefficient (Wildman–Crippen LogP) is 2.73. The van der Waals surface area contributed by atoms with Gasteiger partial charge >= 0.3 is 0 Å². The molecule has 0 aliphatic heterocycles. The molecule has 1 unspecified atom stereocenters. The van der Waals surface area contributed by atoms with Crippen molar-refractivity contribution in [3.05, 3.63) is 65.7 Å². The van der Waals surface area contributed by atoms with E-state index in [-0.39, 0.29) is 24.4 Å². The van der Waals surface area contributed by atoms with Crippen LogP contribution in [0, 0.1) is 0 Å². The van der Waals surface area contributed by atoms with Crippen molar-refractivity contribution in [3.63, 3.8) is 0 Å². The summed E-state index contributed by atoms with van der Waals surface area (Å²) in [5, 5.41) is 8.74. The molecule has 0 aliphatic carbocycles. The van der Waals surface area contributed by atoms with E-state index in [1.165, 1.54) is 0 Å². The van der Waals surface area contributed by atoms with Crippen molar-refractivity contribution >= 4 is 17.5 Å². The summed E-state index contributed by atoms with van der Waals surface area (Å²) in [5.74, 6) is -0.224. The molecule has 5 heteroatoms. The number of nitrogens with one attached hydrogen (secondary N) is 3. The van der Waals surface area contributed by atoms with Crippen molar-refractivity contribution in [3.8, 4) is 0 Å². The highest BCUT2D eigenvalue weighted by molar-refractivity contribution is 5.95. The number of benzene rings is 2. The summed E-state index contributed by atoms with van der Waals surface area (Å²) in [6, 6.07) is 16.8. The van der Waals surface area contributed by atoms with Crippen molar-refractivity contribution in [1.82, 2.24) is 10.6 Å². The Kier molecular flexibility index (Phi) is 6.37. The fourth-order valence-corrected chi connectivity index (χ4v) is 2.33.